The molecule has 0 unspecified atom stereocenters. The second-order valence-electron chi connectivity index (χ2n) is 7.31. The largest absolute Gasteiger partial charge is 0.573 e. The van der Waals surface area contributed by atoms with Gasteiger partial charge in [-0.15, -0.1) is 13.2 Å². The smallest absolute Gasteiger partial charge is 0.406 e. The summed E-state index contributed by atoms with van der Waals surface area (Å²) in [5, 5.41) is 9.75. The van der Waals surface area contributed by atoms with Crippen LogP contribution in [0.3, 0.4) is 0 Å². The summed E-state index contributed by atoms with van der Waals surface area (Å²) in [5.74, 6) is -0.144. The maximum atomic E-state index is 12.5. The number of anilines is 3. The Kier molecular flexibility index (Phi) is 5.59. The minimum Gasteiger partial charge on any atom is -0.406 e. The van der Waals surface area contributed by atoms with Gasteiger partial charge in [0, 0.05) is 17.4 Å². The molecule has 33 heavy (non-hydrogen) atoms. The highest BCUT2D eigenvalue weighted by molar-refractivity contribution is 6.03. The molecule has 0 saturated carbocycles. The number of fused-ring (bicyclic) bond motifs is 1. The number of nitrogens with one attached hydrogen (secondary N) is 2. The summed E-state index contributed by atoms with van der Waals surface area (Å²) in [5.41, 5.74) is 10.7. The molecule has 4 rings (SSSR count). The molecule has 3 aromatic carbocycles. The molecular formula is C23H19F3N4O3. The molecular weight excluding hydrogens is 437 g/mol. The Balaban J connectivity index is 1.55. The predicted molar refractivity (Wildman–Crippen MR) is 119 cm³/mol. The second kappa shape index (κ2) is 8.38. The maximum absolute atomic E-state index is 12.5. The van der Waals surface area contributed by atoms with Crippen LogP contribution < -0.4 is 21.1 Å². The van der Waals surface area contributed by atoms with Gasteiger partial charge in [0.2, 0.25) is 0 Å². The van der Waals surface area contributed by atoms with Crippen LogP contribution in [-0.4, -0.2) is 17.6 Å². The zero-order valence-electron chi connectivity index (χ0n) is 17.6. The average molecular weight is 456 g/mol. The van der Waals surface area contributed by atoms with E-state index in [0.717, 1.165) is 34.4 Å². The van der Waals surface area contributed by atoms with Crippen molar-refractivity contribution >= 4 is 34.2 Å². The van der Waals surface area contributed by atoms with E-state index in [1.807, 2.05) is 32.0 Å². The van der Waals surface area contributed by atoms with Crippen LogP contribution in [-0.2, 0) is 0 Å². The number of carbonyl (C=O) groups excluding carboxylic acids is 1. The van der Waals surface area contributed by atoms with E-state index >= 15 is 0 Å². The van der Waals surface area contributed by atoms with Crippen molar-refractivity contribution in [2.45, 2.75) is 20.2 Å². The van der Waals surface area contributed by atoms with Crippen molar-refractivity contribution in [1.82, 2.24) is 5.16 Å². The first-order valence-corrected chi connectivity index (χ1v) is 9.80. The molecule has 10 heteroatoms. The lowest BCUT2D eigenvalue weighted by molar-refractivity contribution is -0.274. The van der Waals surface area contributed by atoms with E-state index in [2.05, 4.69) is 20.5 Å². The summed E-state index contributed by atoms with van der Waals surface area (Å²) in [6, 6.07) is 13.5. The maximum Gasteiger partial charge on any atom is 0.573 e. The number of nitrogens with two attached hydrogens (primary N) is 1. The third kappa shape index (κ3) is 4.69. The van der Waals surface area contributed by atoms with Crippen LogP contribution in [0.25, 0.3) is 22.1 Å². The quantitative estimate of drug-likeness (QED) is 0.338. The van der Waals surface area contributed by atoms with Crippen LogP contribution in [0, 0.1) is 13.8 Å². The molecule has 0 bridgehead atoms. The number of nitrogen functional groups attached to an aromatic ring is 1. The molecule has 2 amide bonds. The van der Waals surface area contributed by atoms with Crippen LogP contribution >= 0.6 is 0 Å². The summed E-state index contributed by atoms with van der Waals surface area (Å²) in [6.45, 7) is 3.76. The van der Waals surface area contributed by atoms with Crippen LogP contribution in [0.2, 0.25) is 0 Å². The zero-order valence-corrected chi connectivity index (χ0v) is 17.6. The van der Waals surface area contributed by atoms with E-state index in [1.165, 1.54) is 12.1 Å². The van der Waals surface area contributed by atoms with Gasteiger partial charge in [-0.2, -0.15) is 0 Å². The van der Waals surface area contributed by atoms with Gasteiger partial charge < -0.3 is 25.6 Å². The Hall–Kier alpha value is -4.21. The lowest BCUT2D eigenvalue weighted by Gasteiger charge is -2.16. The number of carbonyl (C=O) groups is 1. The number of alkyl halides is 3. The molecule has 170 valence electrons. The molecule has 0 fully saturated rings. The number of benzene rings is 3. The zero-order chi connectivity index (χ0) is 23.8. The minimum atomic E-state index is -4.82. The molecule has 1 aromatic heterocycles. The van der Waals surface area contributed by atoms with Gasteiger partial charge in [0.25, 0.3) is 0 Å². The van der Waals surface area contributed by atoms with E-state index < -0.39 is 18.1 Å². The molecule has 0 aliphatic rings. The fourth-order valence-electron chi connectivity index (χ4n) is 3.54. The number of urea groups is 1. The predicted octanol–water partition coefficient (Wildman–Crippen LogP) is 6.24. The topological polar surface area (TPSA) is 102 Å². The van der Waals surface area contributed by atoms with Crippen molar-refractivity contribution in [1.29, 1.82) is 0 Å². The average Bonchev–Trinajstić information content (AvgIpc) is 3.12. The molecule has 0 aliphatic carbocycles. The Bertz CT molecular complexity index is 1350. The highest BCUT2D eigenvalue weighted by atomic mass is 19.4. The molecule has 0 spiro atoms. The lowest BCUT2D eigenvalue weighted by atomic mass is 9.93. The van der Waals surface area contributed by atoms with Crippen molar-refractivity contribution < 1.29 is 27.2 Å². The van der Waals surface area contributed by atoms with E-state index in [4.69, 9.17) is 10.3 Å². The monoisotopic (exact) mass is 456 g/mol. The van der Waals surface area contributed by atoms with Gasteiger partial charge in [-0.3, -0.25) is 0 Å². The number of rotatable bonds is 4. The van der Waals surface area contributed by atoms with Crippen LogP contribution in [0.15, 0.2) is 59.1 Å². The van der Waals surface area contributed by atoms with Crippen LogP contribution in [0.4, 0.5) is 35.2 Å². The van der Waals surface area contributed by atoms with Crippen molar-refractivity contribution in [3.05, 3.63) is 65.7 Å². The molecule has 4 aromatic rings. The van der Waals surface area contributed by atoms with Crippen molar-refractivity contribution in [2.24, 2.45) is 0 Å². The Morgan fingerprint density at radius 1 is 1.00 bits per heavy atom. The molecule has 1 heterocycles. The van der Waals surface area contributed by atoms with E-state index in [9.17, 15) is 18.0 Å². The van der Waals surface area contributed by atoms with Gasteiger partial charge in [0.15, 0.2) is 11.4 Å². The number of hydrogen-bond donors (Lipinski definition) is 3. The molecule has 4 N–H and O–H groups in total. The first-order valence-electron chi connectivity index (χ1n) is 9.80. The van der Waals surface area contributed by atoms with Crippen molar-refractivity contribution in [3.63, 3.8) is 0 Å². The van der Waals surface area contributed by atoms with Gasteiger partial charge >= 0.3 is 12.4 Å². The number of halogens is 3. The molecule has 0 aliphatic heterocycles. The van der Waals surface area contributed by atoms with Crippen LogP contribution in [0.1, 0.15) is 11.1 Å². The van der Waals surface area contributed by atoms with Gasteiger partial charge in [0.1, 0.15) is 5.75 Å². The number of nitrogens with zero attached hydrogens (tertiary/aromatic N) is 1. The van der Waals surface area contributed by atoms with Crippen LogP contribution in [0.5, 0.6) is 5.75 Å². The van der Waals surface area contributed by atoms with E-state index in [-0.39, 0.29) is 11.5 Å². The molecule has 0 radical (unpaired) electrons. The third-order valence-electron chi connectivity index (χ3n) is 5.18. The number of aromatic nitrogens is 1. The van der Waals surface area contributed by atoms with E-state index in [1.54, 1.807) is 12.1 Å². The highest BCUT2D eigenvalue weighted by Crippen LogP contribution is 2.36. The second-order valence-corrected chi connectivity index (χ2v) is 7.31. The van der Waals surface area contributed by atoms with Crippen molar-refractivity contribution in [3.8, 4) is 16.9 Å². The summed E-state index contributed by atoms with van der Waals surface area (Å²) in [7, 11) is 0. The van der Waals surface area contributed by atoms with Gasteiger partial charge in [-0.05, 0) is 60.4 Å². The molecule has 7 nitrogen and oxygen atoms in total. The Morgan fingerprint density at radius 2 is 1.76 bits per heavy atom. The third-order valence-corrected chi connectivity index (χ3v) is 5.18. The number of amides is 2. The summed E-state index contributed by atoms with van der Waals surface area (Å²) < 4.78 is 46.3. The van der Waals surface area contributed by atoms with Gasteiger partial charge in [-0.1, -0.05) is 29.4 Å². The SMILES string of the molecule is Cc1c(NC(=O)Nc2cccc(OC(F)(F)F)c2)ccc(-c2cccc3onc(N)c23)c1C. The minimum absolute atomic E-state index is 0.148. The Morgan fingerprint density at radius 3 is 2.52 bits per heavy atom. The fourth-order valence-corrected chi connectivity index (χ4v) is 3.54. The van der Waals surface area contributed by atoms with Gasteiger partial charge in [-0.25, -0.2) is 4.79 Å². The Labute approximate surface area is 186 Å². The van der Waals surface area contributed by atoms with Crippen molar-refractivity contribution in [2.75, 3.05) is 16.4 Å². The lowest BCUT2D eigenvalue weighted by Crippen LogP contribution is -2.20. The summed E-state index contributed by atoms with van der Waals surface area (Å²) in [6.07, 6.45) is -4.82. The molecule has 0 saturated heterocycles. The standard InChI is InChI=1S/C23H19F3N4O3/c1-12-13(2)18(10-9-16(12)17-7-4-8-19-20(17)21(27)30-33-19)29-22(31)28-14-5-3-6-15(11-14)32-23(24,25)26/h3-11H,1-2H3,(H2,27,30)(H2,28,29,31). The molecule has 0 atom stereocenters. The first-order chi connectivity index (χ1) is 15.6. The normalized spacial score (nSPS) is 11.4. The number of ether oxygens (including phenoxy) is 1. The van der Waals surface area contributed by atoms with E-state index in [0.29, 0.717) is 16.7 Å². The fraction of sp³-hybridized carbons (Fsp3) is 0.130. The summed E-state index contributed by atoms with van der Waals surface area (Å²) in [4.78, 5) is 12.5. The number of hydrogen-bond acceptors (Lipinski definition) is 5. The van der Waals surface area contributed by atoms with Gasteiger partial charge in [0.05, 0.1) is 5.39 Å². The highest BCUT2D eigenvalue weighted by Gasteiger charge is 2.31. The summed E-state index contributed by atoms with van der Waals surface area (Å²) >= 11 is 0. The first kappa shape index (κ1) is 22.0.